The lowest BCUT2D eigenvalue weighted by Crippen LogP contribution is -2.18. The largest absolute Gasteiger partial charge is 0.416 e. The Hall–Kier alpha value is -1.95. The highest BCUT2D eigenvalue weighted by Crippen LogP contribution is 2.31. The van der Waals surface area contributed by atoms with E-state index in [9.17, 15) is 22.0 Å². The van der Waals surface area contributed by atoms with Crippen molar-refractivity contribution in [1.29, 1.82) is 0 Å². The van der Waals surface area contributed by atoms with Crippen LogP contribution >= 0.6 is 0 Å². The van der Waals surface area contributed by atoms with Gasteiger partial charge in [-0.1, -0.05) is 30.3 Å². The zero-order valence-electron chi connectivity index (χ0n) is 10.8. The quantitative estimate of drug-likeness (QED) is 0.831. The van der Waals surface area contributed by atoms with Crippen LogP contribution in [0.4, 0.5) is 22.0 Å². The van der Waals surface area contributed by atoms with Crippen molar-refractivity contribution < 1.29 is 22.0 Å². The average molecular weight is 301 g/mol. The van der Waals surface area contributed by atoms with E-state index in [0.717, 1.165) is 12.1 Å². The molecule has 0 spiro atoms. The van der Waals surface area contributed by atoms with Crippen molar-refractivity contribution in [2.24, 2.45) is 0 Å². The molecule has 0 aliphatic heterocycles. The van der Waals surface area contributed by atoms with Crippen LogP contribution in [0.3, 0.4) is 0 Å². The maximum Gasteiger partial charge on any atom is 0.416 e. The maximum absolute atomic E-state index is 13.4. The Morgan fingerprint density at radius 3 is 2.14 bits per heavy atom. The van der Waals surface area contributed by atoms with Gasteiger partial charge in [0.2, 0.25) is 0 Å². The number of halogens is 5. The SMILES string of the molecule is Fc1cccc(CNCc2ccccc2C(F)(F)F)c1F. The minimum absolute atomic E-state index is 0.0572. The van der Waals surface area contributed by atoms with E-state index in [4.69, 9.17) is 0 Å². The molecule has 21 heavy (non-hydrogen) atoms. The van der Waals surface area contributed by atoms with Crippen LogP contribution in [0.5, 0.6) is 0 Å². The van der Waals surface area contributed by atoms with Crippen LogP contribution in [-0.4, -0.2) is 0 Å². The summed E-state index contributed by atoms with van der Waals surface area (Å²) in [7, 11) is 0. The van der Waals surface area contributed by atoms with Crippen molar-refractivity contribution in [3.05, 3.63) is 70.8 Å². The summed E-state index contributed by atoms with van der Waals surface area (Å²) in [5.41, 5.74) is -0.612. The Bertz CT molecular complexity index is 622. The van der Waals surface area contributed by atoms with E-state index in [2.05, 4.69) is 5.32 Å². The second-order valence-electron chi connectivity index (χ2n) is 4.47. The standard InChI is InChI=1S/C15H12F5N/c16-13-7-3-5-11(14(13)17)9-21-8-10-4-1-2-6-12(10)15(18,19)20/h1-7,21H,8-9H2. The van der Waals surface area contributed by atoms with Gasteiger partial charge < -0.3 is 5.32 Å². The summed E-state index contributed by atoms with van der Waals surface area (Å²) in [6.07, 6.45) is -4.44. The van der Waals surface area contributed by atoms with Gasteiger partial charge in [0.05, 0.1) is 5.56 Å². The third-order valence-corrected chi connectivity index (χ3v) is 2.99. The fraction of sp³-hybridized carbons (Fsp3) is 0.200. The number of alkyl halides is 3. The normalized spacial score (nSPS) is 11.7. The molecule has 2 aromatic rings. The molecule has 0 saturated carbocycles. The van der Waals surface area contributed by atoms with Crippen LogP contribution in [0.15, 0.2) is 42.5 Å². The Kier molecular flexibility index (Phi) is 4.57. The molecule has 0 atom stereocenters. The summed E-state index contributed by atoms with van der Waals surface area (Å²) in [6, 6.07) is 8.84. The molecule has 0 aliphatic carbocycles. The minimum Gasteiger partial charge on any atom is -0.308 e. The van der Waals surface area contributed by atoms with E-state index in [-0.39, 0.29) is 24.2 Å². The lowest BCUT2D eigenvalue weighted by molar-refractivity contribution is -0.138. The van der Waals surface area contributed by atoms with Crippen LogP contribution in [0.2, 0.25) is 0 Å². The number of benzene rings is 2. The van der Waals surface area contributed by atoms with Gasteiger partial charge in [0.15, 0.2) is 11.6 Å². The molecular formula is C15H12F5N. The van der Waals surface area contributed by atoms with Gasteiger partial charge in [0, 0.05) is 18.7 Å². The van der Waals surface area contributed by atoms with Gasteiger partial charge in [-0.05, 0) is 17.7 Å². The van der Waals surface area contributed by atoms with Crippen molar-refractivity contribution in [3.63, 3.8) is 0 Å². The molecule has 1 N–H and O–H groups in total. The van der Waals surface area contributed by atoms with E-state index in [1.165, 1.54) is 30.3 Å². The minimum atomic E-state index is -4.44. The highest BCUT2D eigenvalue weighted by atomic mass is 19.4. The van der Waals surface area contributed by atoms with Crippen LogP contribution in [-0.2, 0) is 19.3 Å². The first kappa shape index (κ1) is 15.4. The Balaban J connectivity index is 2.06. The Morgan fingerprint density at radius 2 is 1.43 bits per heavy atom. The highest BCUT2D eigenvalue weighted by molar-refractivity contribution is 5.29. The smallest absolute Gasteiger partial charge is 0.308 e. The van der Waals surface area contributed by atoms with Crippen LogP contribution < -0.4 is 5.32 Å². The van der Waals surface area contributed by atoms with E-state index in [1.54, 1.807) is 0 Å². The Morgan fingerprint density at radius 1 is 0.810 bits per heavy atom. The van der Waals surface area contributed by atoms with E-state index >= 15 is 0 Å². The second kappa shape index (κ2) is 6.22. The van der Waals surface area contributed by atoms with E-state index in [1.807, 2.05) is 0 Å². The van der Waals surface area contributed by atoms with Crippen molar-refractivity contribution in [3.8, 4) is 0 Å². The van der Waals surface area contributed by atoms with Crippen molar-refractivity contribution in [2.75, 3.05) is 0 Å². The van der Waals surface area contributed by atoms with Crippen molar-refractivity contribution in [2.45, 2.75) is 19.3 Å². The second-order valence-corrected chi connectivity index (χ2v) is 4.47. The topological polar surface area (TPSA) is 12.0 Å². The molecule has 0 bridgehead atoms. The van der Waals surface area contributed by atoms with E-state index in [0.29, 0.717) is 0 Å². The first-order valence-corrected chi connectivity index (χ1v) is 6.18. The van der Waals surface area contributed by atoms with Crippen molar-refractivity contribution >= 4 is 0 Å². The van der Waals surface area contributed by atoms with Gasteiger partial charge in [0.25, 0.3) is 0 Å². The zero-order chi connectivity index (χ0) is 15.5. The van der Waals surface area contributed by atoms with Gasteiger partial charge in [-0.25, -0.2) is 8.78 Å². The first-order chi connectivity index (χ1) is 9.89. The highest BCUT2D eigenvalue weighted by Gasteiger charge is 2.32. The summed E-state index contributed by atoms with van der Waals surface area (Å²) >= 11 is 0. The van der Waals surface area contributed by atoms with Gasteiger partial charge >= 0.3 is 6.18 Å². The van der Waals surface area contributed by atoms with Crippen molar-refractivity contribution in [1.82, 2.24) is 5.32 Å². The van der Waals surface area contributed by atoms with Gasteiger partial charge in [-0.2, -0.15) is 13.2 Å². The summed E-state index contributed by atoms with van der Waals surface area (Å²) in [4.78, 5) is 0. The molecule has 0 unspecified atom stereocenters. The molecule has 0 radical (unpaired) electrons. The van der Waals surface area contributed by atoms with Gasteiger partial charge in [-0.3, -0.25) is 0 Å². The molecule has 0 saturated heterocycles. The predicted molar refractivity (Wildman–Crippen MR) is 68.3 cm³/mol. The number of nitrogens with one attached hydrogen (secondary N) is 1. The summed E-state index contributed by atoms with van der Waals surface area (Å²) < 4.78 is 64.7. The summed E-state index contributed by atoms with van der Waals surface area (Å²) in [6.45, 7) is -0.151. The fourth-order valence-electron chi connectivity index (χ4n) is 1.97. The molecule has 0 heterocycles. The number of rotatable bonds is 4. The fourth-order valence-corrected chi connectivity index (χ4v) is 1.97. The molecule has 2 aromatic carbocycles. The molecule has 1 nitrogen and oxygen atoms in total. The zero-order valence-corrected chi connectivity index (χ0v) is 10.8. The molecule has 2 rings (SSSR count). The molecule has 0 fully saturated rings. The summed E-state index contributed by atoms with van der Waals surface area (Å²) in [5.74, 6) is -1.97. The monoisotopic (exact) mass is 301 g/mol. The number of hydrogen-bond acceptors (Lipinski definition) is 1. The van der Waals surface area contributed by atoms with Crippen LogP contribution in [0, 0.1) is 11.6 Å². The molecular weight excluding hydrogens is 289 g/mol. The average Bonchev–Trinajstić information content (AvgIpc) is 2.43. The molecule has 0 amide bonds. The predicted octanol–water partition coefficient (Wildman–Crippen LogP) is 4.27. The first-order valence-electron chi connectivity index (χ1n) is 6.18. The van der Waals surface area contributed by atoms with E-state index < -0.39 is 23.4 Å². The maximum atomic E-state index is 13.4. The van der Waals surface area contributed by atoms with Crippen LogP contribution in [0.1, 0.15) is 16.7 Å². The third-order valence-electron chi connectivity index (χ3n) is 2.99. The lowest BCUT2D eigenvalue weighted by atomic mass is 10.1. The molecule has 112 valence electrons. The van der Waals surface area contributed by atoms with Crippen LogP contribution in [0.25, 0.3) is 0 Å². The molecule has 0 aromatic heterocycles. The molecule has 6 heteroatoms. The molecule has 0 aliphatic rings. The van der Waals surface area contributed by atoms with Gasteiger partial charge in [-0.15, -0.1) is 0 Å². The lowest BCUT2D eigenvalue weighted by Gasteiger charge is -2.13. The third kappa shape index (κ3) is 3.78. The summed E-state index contributed by atoms with van der Waals surface area (Å²) in [5, 5.41) is 2.69. The van der Waals surface area contributed by atoms with Gasteiger partial charge in [0.1, 0.15) is 0 Å². The Labute approximate surface area is 118 Å². The number of hydrogen-bond donors (Lipinski definition) is 1.